The summed E-state index contributed by atoms with van der Waals surface area (Å²) in [5.74, 6) is -0.507. The molecular weight excluding hydrogens is 378 g/mol. The Bertz CT molecular complexity index is 1020. The van der Waals surface area contributed by atoms with Crippen LogP contribution in [0, 0.1) is 12.8 Å². The van der Waals surface area contributed by atoms with Crippen LogP contribution in [0.15, 0.2) is 48.5 Å². The minimum absolute atomic E-state index is 0.0309. The molecule has 0 amide bonds. The van der Waals surface area contributed by atoms with Crippen molar-refractivity contribution in [2.75, 3.05) is 13.7 Å². The molecule has 0 saturated heterocycles. The highest BCUT2D eigenvalue weighted by atomic mass is 16.5. The Morgan fingerprint density at radius 2 is 1.73 bits per heavy atom. The third-order valence-electron chi connectivity index (χ3n) is 5.62. The number of esters is 1. The van der Waals surface area contributed by atoms with Crippen molar-refractivity contribution in [3.05, 3.63) is 65.4 Å². The van der Waals surface area contributed by atoms with Gasteiger partial charge in [-0.2, -0.15) is 0 Å². The Labute approximate surface area is 177 Å². The predicted octanol–water partition coefficient (Wildman–Crippen LogP) is 5.17. The van der Waals surface area contributed by atoms with Gasteiger partial charge >= 0.3 is 5.97 Å². The van der Waals surface area contributed by atoms with Crippen molar-refractivity contribution in [2.45, 2.75) is 39.5 Å². The van der Waals surface area contributed by atoms with Crippen LogP contribution in [0.1, 0.15) is 49.4 Å². The molecule has 3 aromatic rings. The van der Waals surface area contributed by atoms with E-state index in [1.165, 1.54) is 12.5 Å². The number of hydrogen-bond acceptors (Lipinski definition) is 4. The molecule has 1 heterocycles. The monoisotopic (exact) mass is 407 g/mol. The van der Waals surface area contributed by atoms with E-state index < -0.39 is 11.9 Å². The molecule has 1 N–H and O–H groups in total. The molecule has 0 saturated carbocycles. The number of Topliss-reactive ketones (excluding diaryl/α,β-unsaturated/α-hetero) is 1. The van der Waals surface area contributed by atoms with Crippen LogP contribution in [0.2, 0.25) is 0 Å². The normalized spacial score (nSPS) is 13.1. The number of H-pyrrole nitrogens is 1. The van der Waals surface area contributed by atoms with E-state index in [0.29, 0.717) is 12.8 Å². The first kappa shape index (κ1) is 21.6. The number of carbonyl (C=O) groups excluding carboxylic acids is 2. The van der Waals surface area contributed by atoms with E-state index in [4.69, 9.17) is 9.47 Å². The van der Waals surface area contributed by atoms with Crippen molar-refractivity contribution in [3.63, 3.8) is 0 Å². The molecule has 30 heavy (non-hydrogen) atoms. The lowest BCUT2D eigenvalue weighted by Crippen LogP contribution is -2.25. The lowest BCUT2D eigenvalue weighted by Gasteiger charge is -2.21. The van der Waals surface area contributed by atoms with Crippen molar-refractivity contribution < 1.29 is 19.1 Å². The number of para-hydroxylation sites is 1. The molecule has 3 rings (SSSR count). The maximum Gasteiger partial charge on any atom is 0.316 e. The fourth-order valence-corrected chi connectivity index (χ4v) is 4.12. The zero-order chi connectivity index (χ0) is 21.7. The number of carbonyl (C=O) groups is 2. The molecule has 0 fully saturated rings. The van der Waals surface area contributed by atoms with Crippen molar-refractivity contribution in [1.82, 2.24) is 4.98 Å². The first-order valence-corrected chi connectivity index (χ1v) is 10.3. The summed E-state index contributed by atoms with van der Waals surface area (Å²) in [6, 6.07) is 16.2. The molecule has 0 aliphatic rings. The van der Waals surface area contributed by atoms with Crippen LogP contribution in [0.4, 0.5) is 0 Å². The molecule has 1 aromatic heterocycles. The standard InChI is InChI=1S/C25H29NO4/c1-5-30-25(28)20(17(3)27)14-15-21(18-10-12-19(29-4)13-11-18)24-16(2)26-23-9-7-6-8-22(23)24/h6-13,20-21,26H,5,14-15H2,1-4H3. The summed E-state index contributed by atoms with van der Waals surface area (Å²) in [6.07, 6.45) is 1.09. The van der Waals surface area contributed by atoms with Gasteiger partial charge in [0.1, 0.15) is 17.5 Å². The van der Waals surface area contributed by atoms with Crippen LogP contribution in [0.3, 0.4) is 0 Å². The number of nitrogens with one attached hydrogen (secondary N) is 1. The third kappa shape index (κ3) is 4.56. The van der Waals surface area contributed by atoms with Crippen LogP contribution >= 0.6 is 0 Å². The smallest absolute Gasteiger partial charge is 0.316 e. The summed E-state index contributed by atoms with van der Waals surface area (Å²) in [5, 5.41) is 1.16. The predicted molar refractivity (Wildman–Crippen MR) is 118 cm³/mol. The van der Waals surface area contributed by atoms with Gasteiger partial charge in [-0.15, -0.1) is 0 Å². The van der Waals surface area contributed by atoms with Crippen molar-refractivity contribution >= 4 is 22.7 Å². The summed E-state index contributed by atoms with van der Waals surface area (Å²) in [6.45, 7) is 5.55. The number of benzene rings is 2. The Hall–Kier alpha value is -3.08. The molecule has 5 heteroatoms. The minimum atomic E-state index is -0.740. The van der Waals surface area contributed by atoms with Gasteiger partial charge < -0.3 is 14.5 Å². The van der Waals surface area contributed by atoms with Gasteiger partial charge in [0.15, 0.2) is 0 Å². The van der Waals surface area contributed by atoms with Gasteiger partial charge in [0.2, 0.25) is 0 Å². The average molecular weight is 408 g/mol. The van der Waals surface area contributed by atoms with Crippen LogP contribution in [-0.4, -0.2) is 30.5 Å². The van der Waals surface area contributed by atoms with Crippen molar-refractivity contribution in [2.24, 2.45) is 5.92 Å². The third-order valence-corrected chi connectivity index (χ3v) is 5.62. The fourth-order valence-electron chi connectivity index (χ4n) is 4.12. The highest BCUT2D eigenvalue weighted by molar-refractivity contribution is 5.97. The highest BCUT2D eigenvalue weighted by Gasteiger charge is 2.28. The van der Waals surface area contributed by atoms with Gasteiger partial charge in [-0.25, -0.2) is 0 Å². The Kier molecular flexibility index (Phi) is 6.93. The second kappa shape index (κ2) is 9.61. The number of ketones is 1. The average Bonchev–Trinajstić information content (AvgIpc) is 3.07. The Morgan fingerprint density at radius 1 is 1.03 bits per heavy atom. The second-order valence-electron chi connectivity index (χ2n) is 7.53. The Morgan fingerprint density at radius 3 is 2.37 bits per heavy atom. The summed E-state index contributed by atoms with van der Waals surface area (Å²) in [4.78, 5) is 27.9. The molecule has 2 aromatic carbocycles. The van der Waals surface area contributed by atoms with E-state index in [0.717, 1.165) is 27.9 Å². The number of aromatic nitrogens is 1. The number of aromatic amines is 1. The zero-order valence-corrected chi connectivity index (χ0v) is 18.0. The van der Waals surface area contributed by atoms with Crippen molar-refractivity contribution in [3.8, 4) is 5.75 Å². The number of ether oxygens (including phenoxy) is 2. The number of hydrogen-bond donors (Lipinski definition) is 1. The zero-order valence-electron chi connectivity index (χ0n) is 18.0. The number of methoxy groups -OCH3 is 1. The Balaban J connectivity index is 2.00. The molecule has 0 spiro atoms. The van der Waals surface area contributed by atoms with Gasteiger partial charge in [-0.05, 0) is 62.9 Å². The summed E-state index contributed by atoms with van der Waals surface area (Å²) in [5.41, 5.74) is 4.49. The van der Waals surface area contributed by atoms with Gasteiger partial charge in [-0.1, -0.05) is 30.3 Å². The molecular formula is C25H29NO4. The molecule has 2 atom stereocenters. The van der Waals surface area contributed by atoms with E-state index in [2.05, 4.69) is 36.2 Å². The molecule has 0 radical (unpaired) electrons. The topological polar surface area (TPSA) is 68.4 Å². The first-order chi connectivity index (χ1) is 14.5. The molecule has 0 bridgehead atoms. The van der Waals surface area contributed by atoms with Crippen LogP contribution in [0.5, 0.6) is 5.75 Å². The quantitative estimate of drug-likeness (QED) is 0.393. The number of aryl methyl sites for hydroxylation is 1. The minimum Gasteiger partial charge on any atom is -0.497 e. The second-order valence-corrected chi connectivity index (χ2v) is 7.53. The van der Waals surface area contributed by atoms with E-state index in [1.54, 1.807) is 14.0 Å². The highest BCUT2D eigenvalue weighted by Crippen LogP contribution is 2.38. The van der Waals surface area contributed by atoms with Crippen molar-refractivity contribution in [1.29, 1.82) is 0 Å². The summed E-state index contributed by atoms with van der Waals surface area (Å²) in [7, 11) is 1.65. The van der Waals surface area contributed by atoms with Crippen LogP contribution in [-0.2, 0) is 14.3 Å². The lowest BCUT2D eigenvalue weighted by molar-refractivity contribution is -0.151. The SMILES string of the molecule is CCOC(=O)C(CCC(c1ccc(OC)cc1)c1c(C)[nH]c2ccccc12)C(C)=O. The molecule has 0 aliphatic carbocycles. The maximum atomic E-state index is 12.3. The summed E-state index contributed by atoms with van der Waals surface area (Å²) >= 11 is 0. The van der Waals surface area contributed by atoms with Crippen LogP contribution in [0.25, 0.3) is 10.9 Å². The summed E-state index contributed by atoms with van der Waals surface area (Å²) < 4.78 is 10.4. The van der Waals surface area contributed by atoms with E-state index in [-0.39, 0.29) is 18.3 Å². The maximum absolute atomic E-state index is 12.3. The molecule has 2 unspecified atom stereocenters. The van der Waals surface area contributed by atoms with Gasteiger partial charge in [0.05, 0.1) is 13.7 Å². The van der Waals surface area contributed by atoms with Gasteiger partial charge in [-0.3, -0.25) is 9.59 Å². The number of rotatable bonds is 9. The largest absolute Gasteiger partial charge is 0.497 e. The fraction of sp³-hybridized carbons (Fsp3) is 0.360. The lowest BCUT2D eigenvalue weighted by atomic mass is 9.83. The number of fused-ring (bicyclic) bond motifs is 1. The van der Waals surface area contributed by atoms with E-state index >= 15 is 0 Å². The van der Waals surface area contributed by atoms with Gasteiger partial charge in [0.25, 0.3) is 0 Å². The first-order valence-electron chi connectivity index (χ1n) is 10.3. The van der Waals surface area contributed by atoms with Gasteiger partial charge in [0, 0.05) is 22.5 Å². The van der Waals surface area contributed by atoms with Crippen LogP contribution < -0.4 is 4.74 Å². The van der Waals surface area contributed by atoms with E-state index in [9.17, 15) is 9.59 Å². The molecule has 5 nitrogen and oxygen atoms in total. The molecule has 158 valence electrons. The molecule has 0 aliphatic heterocycles. The van der Waals surface area contributed by atoms with E-state index in [1.807, 2.05) is 24.3 Å².